The maximum absolute atomic E-state index is 10.6. The number of aromatic nitrogens is 2. The lowest BCUT2D eigenvalue weighted by Crippen LogP contribution is -2.02. The molecule has 0 amide bonds. The molecule has 0 unspecified atom stereocenters. The van der Waals surface area contributed by atoms with E-state index in [-0.39, 0.29) is 6.42 Å². The van der Waals surface area contributed by atoms with E-state index >= 15 is 0 Å². The van der Waals surface area contributed by atoms with Gasteiger partial charge in [0, 0.05) is 30.1 Å². The summed E-state index contributed by atoms with van der Waals surface area (Å²) >= 11 is 0. The maximum Gasteiger partial charge on any atom is 0.303 e. The van der Waals surface area contributed by atoms with Crippen molar-refractivity contribution in [1.29, 1.82) is 0 Å². The summed E-state index contributed by atoms with van der Waals surface area (Å²) < 4.78 is 2.39. The van der Waals surface area contributed by atoms with Gasteiger partial charge < -0.3 is 9.67 Å². The van der Waals surface area contributed by atoms with Crippen molar-refractivity contribution in [2.75, 3.05) is 0 Å². The fraction of sp³-hybridized carbons (Fsp3) is 0.364. The molecule has 3 aromatic rings. The van der Waals surface area contributed by atoms with Gasteiger partial charge in [0.1, 0.15) is 0 Å². The van der Waals surface area contributed by atoms with E-state index < -0.39 is 5.97 Å². The Morgan fingerprint density at radius 2 is 1.73 bits per heavy atom. The molecule has 2 aromatic heterocycles. The van der Waals surface area contributed by atoms with E-state index in [1.54, 1.807) is 0 Å². The zero-order valence-electron chi connectivity index (χ0n) is 15.3. The molecule has 0 saturated heterocycles. The van der Waals surface area contributed by atoms with Crippen molar-refractivity contribution in [3.05, 3.63) is 54.2 Å². The number of rotatable bonds is 9. The van der Waals surface area contributed by atoms with Crippen LogP contribution in [0, 0.1) is 6.92 Å². The summed E-state index contributed by atoms with van der Waals surface area (Å²) in [7, 11) is 0. The van der Waals surface area contributed by atoms with Crippen LogP contribution in [0.2, 0.25) is 0 Å². The molecule has 4 heteroatoms. The highest BCUT2D eigenvalue weighted by Gasteiger charge is 2.15. The van der Waals surface area contributed by atoms with Gasteiger partial charge in [-0.1, -0.05) is 43.5 Å². The molecule has 1 aromatic carbocycles. The first-order valence-electron chi connectivity index (χ1n) is 9.39. The number of carboxylic acids is 1. The lowest BCUT2D eigenvalue weighted by Gasteiger charge is -2.11. The number of pyridine rings is 1. The molecular formula is C22H26N2O2. The van der Waals surface area contributed by atoms with Crippen molar-refractivity contribution in [2.45, 2.75) is 52.0 Å². The van der Waals surface area contributed by atoms with Crippen molar-refractivity contribution >= 4 is 16.9 Å². The summed E-state index contributed by atoms with van der Waals surface area (Å²) in [5.74, 6) is -0.695. The summed E-state index contributed by atoms with van der Waals surface area (Å²) in [4.78, 5) is 15.1. The average Bonchev–Trinajstić information content (AvgIpc) is 2.94. The molecule has 0 bridgehead atoms. The molecule has 0 atom stereocenters. The second kappa shape index (κ2) is 8.65. The van der Waals surface area contributed by atoms with Gasteiger partial charge in [-0.25, -0.2) is 0 Å². The van der Waals surface area contributed by atoms with Crippen LogP contribution in [0.5, 0.6) is 0 Å². The van der Waals surface area contributed by atoms with Crippen LogP contribution in [0.4, 0.5) is 0 Å². The lowest BCUT2D eigenvalue weighted by atomic mass is 10.1. The van der Waals surface area contributed by atoms with E-state index in [9.17, 15) is 4.79 Å². The van der Waals surface area contributed by atoms with Crippen LogP contribution in [-0.2, 0) is 11.3 Å². The van der Waals surface area contributed by atoms with Crippen LogP contribution in [0.3, 0.4) is 0 Å². The van der Waals surface area contributed by atoms with E-state index in [0.717, 1.165) is 44.3 Å². The summed E-state index contributed by atoms with van der Waals surface area (Å²) in [6.07, 6.45) is 7.19. The van der Waals surface area contributed by atoms with Gasteiger partial charge in [0.15, 0.2) is 0 Å². The zero-order valence-corrected chi connectivity index (χ0v) is 15.3. The zero-order chi connectivity index (χ0) is 18.4. The molecule has 136 valence electrons. The maximum atomic E-state index is 10.6. The van der Waals surface area contributed by atoms with Gasteiger partial charge in [-0.3, -0.25) is 9.78 Å². The molecule has 3 rings (SSSR count). The molecule has 1 N–H and O–H groups in total. The van der Waals surface area contributed by atoms with Gasteiger partial charge in [-0.05, 0) is 43.5 Å². The Kier molecular flexibility index (Phi) is 6.05. The van der Waals surface area contributed by atoms with Gasteiger partial charge in [0.25, 0.3) is 0 Å². The minimum absolute atomic E-state index is 0.283. The lowest BCUT2D eigenvalue weighted by molar-refractivity contribution is -0.137. The third-order valence-electron chi connectivity index (χ3n) is 4.90. The third kappa shape index (κ3) is 4.13. The topological polar surface area (TPSA) is 55.1 Å². The van der Waals surface area contributed by atoms with Crippen molar-refractivity contribution in [2.24, 2.45) is 0 Å². The Balaban J connectivity index is 1.74. The summed E-state index contributed by atoms with van der Waals surface area (Å²) in [5, 5.41) is 9.98. The molecule has 0 spiro atoms. The smallest absolute Gasteiger partial charge is 0.303 e. The summed E-state index contributed by atoms with van der Waals surface area (Å²) in [6, 6.07) is 14.6. The van der Waals surface area contributed by atoms with Gasteiger partial charge in [0.2, 0.25) is 0 Å². The molecule has 0 aliphatic heterocycles. The van der Waals surface area contributed by atoms with Gasteiger partial charge in [-0.2, -0.15) is 0 Å². The Hall–Kier alpha value is -2.62. The molecule has 26 heavy (non-hydrogen) atoms. The van der Waals surface area contributed by atoms with E-state index in [4.69, 9.17) is 5.11 Å². The first-order valence-corrected chi connectivity index (χ1v) is 9.39. The van der Waals surface area contributed by atoms with Gasteiger partial charge >= 0.3 is 5.97 Å². The van der Waals surface area contributed by atoms with Crippen LogP contribution < -0.4 is 0 Å². The fourth-order valence-electron chi connectivity index (χ4n) is 3.62. The number of nitrogens with zero attached hydrogens (tertiary/aromatic N) is 2. The molecule has 0 radical (unpaired) electrons. The number of fused-ring (bicyclic) bond motifs is 1. The number of unbranched alkanes of at least 4 members (excludes halogenated alkanes) is 4. The highest BCUT2D eigenvalue weighted by atomic mass is 16.4. The molecule has 2 heterocycles. The first kappa shape index (κ1) is 18.2. The summed E-state index contributed by atoms with van der Waals surface area (Å²) in [5.41, 5.74) is 4.76. The fourth-order valence-corrected chi connectivity index (χ4v) is 3.62. The van der Waals surface area contributed by atoms with E-state index in [1.165, 1.54) is 22.2 Å². The van der Waals surface area contributed by atoms with Crippen molar-refractivity contribution in [3.63, 3.8) is 0 Å². The minimum Gasteiger partial charge on any atom is -0.481 e. The number of benzene rings is 1. The predicted octanol–water partition coefficient (Wildman–Crippen LogP) is 5.44. The standard InChI is InChI=1S/C22H26N2O2/c1-17-18-11-6-7-13-20(18)24(22(17)19-12-8-9-15-23-19)16-10-4-2-3-5-14-21(25)26/h6-9,11-13,15H,2-5,10,14,16H2,1H3,(H,25,26). The van der Waals surface area contributed by atoms with Crippen LogP contribution >= 0.6 is 0 Å². The predicted molar refractivity (Wildman–Crippen MR) is 105 cm³/mol. The molecular weight excluding hydrogens is 324 g/mol. The molecule has 0 fully saturated rings. The van der Waals surface area contributed by atoms with Crippen molar-refractivity contribution in [1.82, 2.24) is 9.55 Å². The SMILES string of the molecule is Cc1c(-c2ccccn2)n(CCCCCCCC(=O)O)c2ccccc12. The number of aliphatic carboxylic acids is 1. The third-order valence-corrected chi connectivity index (χ3v) is 4.90. The number of hydrogen-bond acceptors (Lipinski definition) is 2. The van der Waals surface area contributed by atoms with Crippen molar-refractivity contribution < 1.29 is 9.90 Å². The summed E-state index contributed by atoms with van der Waals surface area (Å²) in [6.45, 7) is 3.13. The number of aryl methyl sites for hydroxylation is 2. The first-order chi connectivity index (χ1) is 12.7. The van der Waals surface area contributed by atoms with Crippen molar-refractivity contribution in [3.8, 4) is 11.4 Å². The molecule has 4 nitrogen and oxygen atoms in total. The number of carboxylic acid groups (broad SMARTS) is 1. The van der Waals surface area contributed by atoms with Crippen LogP contribution in [0.1, 0.15) is 44.1 Å². The highest BCUT2D eigenvalue weighted by Crippen LogP contribution is 2.32. The normalized spacial score (nSPS) is 11.1. The number of hydrogen-bond donors (Lipinski definition) is 1. The Labute approximate surface area is 154 Å². The van der Waals surface area contributed by atoms with Crippen LogP contribution in [0.15, 0.2) is 48.7 Å². The molecule has 0 aliphatic carbocycles. The van der Waals surface area contributed by atoms with Gasteiger partial charge in [0.05, 0.1) is 11.4 Å². The second-order valence-corrected chi connectivity index (χ2v) is 6.77. The second-order valence-electron chi connectivity index (χ2n) is 6.77. The number of carbonyl (C=O) groups is 1. The Bertz CT molecular complexity index is 868. The monoisotopic (exact) mass is 350 g/mol. The Morgan fingerprint density at radius 1 is 1.00 bits per heavy atom. The number of para-hydroxylation sites is 1. The molecule has 0 saturated carbocycles. The van der Waals surface area contributed by atoms with Crippen LogP contribution in [-0.4, -0.2) is 20.6 Å². The molecule has 0 aliphatic rings. The van der Waals surface area contributed by atoms with Gasteiger partial charge in [-0.15, -0.1) is 0 Å². The minimum atomic E-state index is -0.695. The quantitative estimate of drug-likeness (QED) is 0.523. The van der Waals surface area contributed by atoms with E-state index in [2.05, 4.69) is 46.8 Å². The van der Waals surface area contributed by atoms with Crippen LogP contribution in [0.25, 0.3) is 22.3 Å². The Morgan fingerprint density at radius 3 is 2.50 bits per heavy atom. The average molecular weight is 350 g/mol. The largest absolute Gasteiger partial charge is 0.481 e. The van der Waals surface area contributed by atoms with E-state index in [1.807, 2.05) is 18.3 Å². The highest BCUT2D eigenvalue weighted by molar-refractivity contribution is 5.90. The van der Waals surface area contributed by atoms with E-state index in [0.29, 0.717) is 0 Å².